The Morgan fingerprint density at radius 3 is 2.66 bits per heavy atom. The van der Waals surface area contributed by atoms with Crippen LogP contribution in [0.2, 0.25) is 0 Å². The number of anilines is 2. The van der Waals surface area contributed by atoms with Gasteiger partial charge in [-0.1, -0.05) is 42.5 Å². The third-order valence-electron chi connectivity index (χ3n) is 6.15. The van der Waals surface area contributed by atoms with Crippen molar-refractivity contribution >= 4 is 28.1 Å². The molecule has 1 atom stereocenters. The smallest absolute Gasteiger partial charge is 0.252 e. The van der Waals surface area contributed by atoms with Crippen LogP contribution in [0.4, 0.5) is 10.8 Å². The minimum absolute atomic E-state index is 0.134. The maximum atomic E-state index is 12.4. The van der Waals surface area contributed by atoms with E-state index in [9.17, 15) is 4.79 Å². The lowest BCUT2D eigenvalue weighted by Gasteiger charge is -2.29. The lowest BCUT2D eigenvalue weighted by Crippen LogP contribution is -2.30. The van der Waals surface area contributed by atoms with Crippen LogP contribution >= 0.6 is 11.3 Å². The Bertz CT molecular complexity index is 1100. The highest BCUT2D eigenvalue weighted by molar-refractivity contribution is 7.15. The second kappa shape index (κ2) is 9.30. The van der Waals surface area contributed by atoms with Gasteiger partial charge in [-0.15, -0.1) is 11.3 Å². The van der Waals surface area contributed by atoms with Crippen LogP contribution in [0, 0.1) is 0 Å². The van der Waals surface area contributed by atoms with Crippen LogP contribution in [0.5, 0.6) is 5.75 Å². The van der Waals surface area contributed by atoms with E-state index in [-0.39, 0.29) is 17.9 Å². The van der Waals surface area contributed by atoms with Gasteiger partial charge in [-0.05, 0) is 50.2 Å². The molecule has 0 spiro atoms. The molecule has 0 bridgehead atoms. The van der Waals surface area contributed by atoms with Crippen LogP contribution in [0.25, 0.3) is 11.1 Å². The molecule has 0 saturated heterocycles. The Morgan fingerprint density at radius 1 is 1.06 bits per heavy atom. The van der Waals surface area contributed by atoms with E-state index in [1.54, 1.807) is 11.3 Å². The molecule has 2 aliphatic rings. The van der Waals surface area contributed by atoms with Crippen molar-refractivity contribution in [2.24, 2.45) is 0 Å². The Kier molecular flexibility index (Phi) is 6.10. The first-order valence-electron chi connectivity index (χ1n) is 11.2. The zero-order valence-corrected chi connectivity index (χ0v) is 18.9. The van der Waals surface area contributed by atoms with E-state index in [1.807, 2.05) is 30.3 Å². The summed E-state index contributed by atoms with van der Waals surface area (Å²) >= 11 is 1.62. The largest absolute Gasteiger partial charge is 0.488 e. The third-order valence-corrected chi connectivity index (χ3v) is 7.20. The molecule has 3 aromatic rings. The maximum Gasteiger partial charge on any atom is 0.252 e. The SMILES string of the molecule is CONC(=O)C1CCCc2sc(Nc3cccc(-c4ccccc4)c3OC3CCC3)nc21. The number of carbonyl (C=O) groups excluding carboxylic acids is 1. The number of thiazole rings is 1. The third kappa shape index (κ3) is 4.23. The molecule has 1 aromatic heterocycles. The van der Waals surface area contributed by atoms with E-state index in [2.05, 4.69) is 29.0 Å². The first-order chi connectivity index (χ1) is 15.7. The predicted octanol–water partition coefficient (Wildman–Crippen LogP) is 5.58. The number of fused-ring (bicyclic) bond motifs is 1. The fraction of sp³-hybridized carbons (Fsp3) is 0.360. The van der Waals surface area contributed by atoms with Crippen molar-refractivity contribution in [3.05, 3.63) is 59.1 Å². The van der Waals surface area contributed by atoms with Crippen LogP contribution in [-0.2, 0) is 16.1 Å². The number of hydrogen-bond acceptors (Lipinski definition) is 6. The van der Waals surface area contributed by atoms with E-state index in [4.69, 9.17) is 14.6 Å². The van der Waals surface area contributed by atoms with Gasteiger partial charge in [0, 0.05) is 10.4 Å². The fourth-order valence-corrected chi connectivity index (χ4v) is 5.35. The number of carbonyl (C=O) groups is 1. The molecule has 2 N–H and O–H groups in total. The lowest BCUT2D eigenvalue weighted by molar-refractivity contribution is -0.133. The van der Waals surface area contributed by atoms with E-state index in [0.717, 1.165) is 70.4 Å². The molecular formula is C25H27N3O3S. The van der Waals surface area contributed by atoms with E-state index < -0.39 is 0 Å². The van der Waals surface area contributed by atoms with Crippen LogP contribution in [-0.4, -0.2) is 24.1 Å². The van der Waals surface area contributed by atoms with Crippen molar-refractivity contribution < 1.29 is 14.4 Å². The molecule has 0 radical (unpaired) electrons. The number of amides is 1. The Balaban J connectivity index is 1.47. The summed E-state index contributed by atoms with van der Waals surface area (Å²) in [5.74, 6) is 0.461. The van der Waals surface area contributed by atoms with Crippen LogP contribution in [0.15, 0.2) is 48.5 Å². The van der Waals surface area contributed by atoms with Crippen LogP contribution in [0.1, 0.15) is 48.6 Å². The Morgan fingerprint density at radius 2 is 1.91 bits per heavy atom. The van der Waals surface area contributed by atoms with E-state index in [0.29, 0.717) is 0 Å². The second-order valence-corrected chi connectivity index (χ2v) is 9.37. The highest BCUT2D eigenvalue weighted by atomic mass is 32.1. The second-order valence-electron chi connectivity index (χ2n) is 8.29. The maximum absolute atomic E-state index is 12.4. The molecule has 2 aromatic carbocycles. The molecule has 6 nitrogen and oxygen atoms in total. The minimum atomic E-state index is -0.271. The van der Waals surface area contributed by atoms with Crippen molar-refractivity contribution in [2.45, 2.75) is 50.5 Å². The van der Waals surface area contributed by atoms with Crippen molar-refractivity contribution in [3.8, 4) is 16.9 Å². The first-order valence-corrected chi connectivity index (χ1v) is 12.0. The number of aryl methyl sites for hydroxylation is 1. The quantitative estimate of drug-likeness (QED) is 0.461. The van der Waals surface area contributed by atoms with Crippen molar-refractivity contribution in [2.75, 3.05) is 12.4 Å². The number of aromatic nitrogens is 1. The van der Waals surface area contributed by atoms with Crippen LogP contribution < -0.4 is 15.5 Å². The topological polar surface area (TPSA) is 72.5 Å². The summed E-state index contributed by atoms with van der Waals surface area (Å²) in [4.78, 5) is 23.3. The van der Waals surface area contributed by atoms with E-state index in [1.165, 1.54) is 13.5 Å². The fourth-order valence-electron chi connectivity index (χ4n) is 4.28. The summed E-state index contributed by atoms with van der Waals surface area (Å²) in [5.41, 5.74) is 6.43. The van der Waals surface area contributed by atoms with Gasteiger partial charge in [-0.3, -0.25) is 9.63 Å². The monoisotopic (exact) mass is 449 g/mol. The van der Waals surface area contributed by atoms with Crippen molar-refractivity contribution in [1.29, 1.82) is 0 Å². The Labute approximate surface area is 191 Å². The van der Waals surface area contributed by atoms with Gasteiger partial charge >= 0.3 is 0 Å². The number of nitrogens with one attached hydrogen (secondary N) is 2. The van der Waals surface area contributed by atoms with Gasteiger partial charge in [0.15, 0.2) is 10.9 Å². The van der Waals surface area contributed by atoms with Crippen LogP contribution in [0.3, 0.4) is 0 Å². The summed E-state index contributed by atoms with van der Waals surface area (Å²) < 4.78 is 6.47. The molecule has 5 rings (SSSR count). The molecule has 1 amide bonds. The number of hydrogen-bond donors (Lipinski definition) is 2. The zero-order valence-electron chi connectivity index (χ0n) is 18.1. The molecular weight excluding hydrogens is 422 g/mol. The van der Waals surface area contributed by atoms with Gasteiger partial charge in [0.1, 0.15) is 0 Å². The summed E-state index contributed by atoms with van der Waals surface area (Å²) in [6, 6.07) is 16.5. The number of para-hydroxylation sites is 1. The predicted molar refractivity (Wildman–Crippen MR) is 126 cm³/mol. The average Bonchev–Trinajstić information content (AvgIpc) is 3.20. The normalized spacial score (nSPS) is 17.8. The molecule has 1 saturated carbocycles. The molecule has 1 unspecified atom stereocenters. The number of rotatable bonds is 7. The summed E-state index contributed by atoms with van der Waals surface area (Å²) in [6.45, 7) is 0. The number of hydroxylamine groups is 1. The average molecular weight is 450 g/mol. The minimum Gasteiger partial charge on any atom is -0.488 e. The summed E-state index contributed by atoms with van der Waals surface area (Å²) in [6.07, 6.45) is 6.34. The van der Waals surface area contributed by atoms with Gasteiger partial charge in [0.25, 0.3) is 5.91 Å². The molecule has 1 heterocycles. The van der Waals surface area contributed by atoms with Gasteiger partial charge < -0.3 is 10.1 Å². The highest BCUT2D eigenvalue weighted by Crippen LogP contribution is 2.43. The van der Waals surface area contributed by atoms with Gasteiger partial charge in [0.2, 0.25) is 0 Å². The summed E-state index contributed by atoms with van der Waals surface area (Å²) in [5, 5.41) is 4.29. The van der Waals surface area contributed by atoms with Gasteiger partial charge in [-0.2, -0.15) is 0 Å². The first kappa shape index (κ1) is 21.0. The van der Waals surface area contributed by atoms with Gasteiger partial charge in [-0.25, -0.2) is 10.5 Å². The number of ether oxygens (including phenoxy) is 1. The van der Waals surface area contributed by atoms with E-state index >= 15 is 0 Å². The van der Waals surface area contributed by atoms with Gasteiger partial charge in [0.05, 0.1) is 30.5 Å². The molecule has 166 valence electrons. The Hall–Kier alpha value is -2.90. The number of benzene rings is 2. The molecule has 7 heteroatoms. The zero-order chi connectivity index (χ0) is 21.9. The molecule has 2 aliphatic carbocycles. The summed E-state index contributed by atoms with van der Waals surface area (Å²) in [7, 11) is 1.46. The van der Waals surface area contributed by atoms with Crippen molar-refractivity contribution in [1.82, 2.24) is 10.5 Å². The lowest BCUT2D eigenvalue weighted by atomic mass is 9.90. The highest BCUT2D eigenvalue weighted by Gasteiger charge is 2.31. The van der Waals surface area contributed by atoms with Crippen molar-refractivity contribution in [3.63, 3.8) is 0 Å². The molecule has 32 heavy (non-hydrogen) atoms. The molecule has 1 fully saturated rings. The molecule has 0 aliphatic heterocycles. The number of nitrogens with zero attached hydrogens (tertiary/aromatic N) is 1. The standard InChI is InChI=1S/C25H27N3O3S/c1-30-28-24(29)19-13-7-15-21-22(19)27-25(32-21)26-20-14-6-12-18(16-8-3-2-4-9-16)23(20)31-17-10-5-11-17/h2-4,6,8-9,12,14,17,19H,5,7,10-11,13,15H2,1H3,(H,26,27)(H,28,29).